The molecule has 3 aromatic carbocycles. The average Bonchev–Trinajstić information content (AvgIpc) is 3.40. The topological polar surface area (TPSA) is 76.5 Å². The van der Waals surface area contributed by atoms with E-state index in [0.29, 0.717) is 48.5 Å². The van der Waals surface area contributed by atoms with Crippen LogP contribution in [0.2, 0.25) is 0 Å². The predicted molar refractivity (Wildman–Crippen MR) is 138 cm³/mol. The molecule has 4 aromatic rings. The van der Waals surface area contributed by atoms with Gasteiger partial charge in [-0.05, 0) is 61.4 Å². The minimum absolute atomic E-state index is 0.0634. The second-order valence-corrected chi connectivity index (χ2v) is 8.95. The number of amides is 2. The number of rotatable bonds is 6. The number of para-hydroxylation sites is 1. The maximum Gasteiger partial charge on any atom is 0.257 e. The van der Waals surface area contributed by atoms with E-state index in [0.717, 1.165) is 11.3 Å². The number of nitrogens with one attached hydrogen (secondary N) is 1. The lowest BCUT2D eigenvalue weighted by Gasteiger charge is -2.32. The number of aromatic nitrogens is 2. The van der Waals surface area contributed by atoms with Gasteiger partial charge in [-0.15, -0.1) is 0 Å². The van der Waals surface area contributed by atoms with Gasteiger partial charge in [0, 0.05) is 36.5 Å². The summed E-state index contributed by atoms with van der Waals surface area (Å²) in [7, 11) is 1.60. The van der Waals surface area contributed by atoms with Gasteiger partial charge in [0.15, 0.2) is 0 Å². The third kappa shape index (κ3) is 5.38. The molecule has 1 saturated heterocycles. The van der Waals surface area contributed by atoms with E-state index in [1.54, 1.807) is 22.9 Å². The largest absolute Gasteiger partial charge is 0.497 e. The number of methoxy groups -OCH3 is 1. The van der Waals surface area contributed by atoms with Crippen molar-refractivity contribution >= 4 is 11.8 Å². The summed E-state index contributed by atoms with van der Waals surface area (Å²) in [5.41, 5.74) is 3.15. The molecule has 188 valence electrons. The molecule has 1 N–H and O–H groups in total. The molecular formula is C29H27FN4O3. The summed E-state index contributed by atoms with van der Waals surface area (Å²) >= 11 is 0. The first-order valence-corrected chi connectivity index (χ1v) is 12.2. The van der Waals surface area contributed by atoms with Crippen LogP contribution in [-0.2, 0) is 0 Å². The molecule has 0 spiro atoms. The predicted octanol–water partition coefficient (Wildman–Crippen LogP) is 4.72. The molecule has 1 aromatic heterocycles. The van der Waals surface area contributed by atoms with Crippen molar-refractivity contribution in [2.75, 3.05) is 20.2 Å². The van der Waals surface area contributed by atoms with Crippen molar-refractivity contribution in [3.05, 3.63) is 102 Å². The van der Waals surface area contributed by atoms with E-state index in [1.165, 1.54) is 24.3 Å². The average molecular weight is 499 g/mol. The zero-order valence-electron chi connectivity index (χ0n) is 20.4. The normalized spacial score (nSPS) is 13.8. The van der Waals surface area contributed by atoms with Crippen LogP contribution in [-0.4, -0.2) is 52.7 Å². The minimum atomic E-state index is -0.382. The zero-order chi connectivity index (χ0) is 25.8. The Morgan fingerprint density at radius 2 is 1.70 bits per heavy atom. The highest BCUT2D eigenvalue weighted by Crippen LogP contribution is 2.28. The van der Waals surface area contributed by atoms with Gasteiger partial charge in [0.2, 0.25) is 0 Å². The number of hydrogen-bond donors (Lipinski definition) is 1. The Balaban J connectivity index is 1.34. The molecule has 2 amide bonds. The maximum absolute atomic E-state index is 13.7. The fourth-order valence-electron chi connectivity index (χ4n) is 4.49. The van der Waals surface area contributed by atoms with E-state index >= 15 is 0 Å². The van der Waals surface area contributed by atoms with Crippen molar-refractivity contribution in [3.8, 4) is 22.7 Å². The number of hydrogen-bond acceptors (Lipinski definition) is 4. The van der Waals surface area contributed by atoms with E-state index in [4.69, 9.17) is 9.84 Å². The van der Waals surface area contributed by atoms with Crippen LogP contribution in [0.3, 0.4) is 0 Å². The fourth-order valence-corrected chi connectivity index (χ4v) is 4.49. The van der Waals surface area contributed by atoms with Crippen LogP contribution in [0.5, 0.6) is 5.75 Å². The number of likely N-dealkylation sites (tertiary alicyclic amines) is 1. The molecule has 1 aliphatic heterocycles. The molecule has 0 saturated carbocycles. The molecule has 2 heterocycles. The molecule has 0 radical (unpaired) electrons. The lowest BCUT2D eigenvalue weighted by atomic mass is 10.0. The summed E-state index contributed by atoms with van der Waals surface area (Å²) in [6.07, 6.45) is 3.02. The van der Waals surface area contributed by atoms with Gasteiger partial charge in [0.05, 0.1) is 18.4 Å². The van der Waals surface area contributed by atoms with Gasteiger partial charge in [-0.2, -0.15) is 5.10 Å². The van der Waals surface area contributed by atoms with Crippen LogP contribution in [0.25, 0.3) is 16.9 Å². The van der Waals surface area contributed by atoms with Crippen molar-refractivity contribution in [1.82, 2.24) is 20.0 Å². The maximum atomic E-state index is 13.7. The van der Waals surface area contributed by atoms with E-state index in [9.17, 15) is 14.0 Å². The Hall–Kier alpha value is -4.46. The summed E-state index contributed by atoms with van der Waals surface area (Å²) in [6, 6.07) is 22.6. The number of benzene rings is 3. The van der Waals surface area contributed by atoms with E-state index in [1.807, 2.05) is 54.6 Å². The highest BCUT2D eigenvalue weighted by molar-refractivity contribution is 6.00. The Morgan fingerprint density at radius 1 is 0.973 bits per heavy atom. The summed E-state index contributed by atoms with van der Waals surface area (Å²) in [5, 5.41) is 7.77. The summed E-state index contributed by atoms with van der Waals surface area (Å²) in [5.74, 6) is -0.0484. The first-order valence-electron chi connectivity index (χ1n) is 12.2. The lowest BCUT2D eigenvalue weighted by Crippen LogP contribution is -2.46. The van der Waals surface area contributed by atoms with Crippen LogP contribution in [0, 0.1) is 5.82 Å². The van der Waals surface area contributed by atoms with E-state index in [2.05, 4.69) is 5.32 Å². The molecule has 37 heavy (non-hydrogen) atoms. The van der Waals surface area contributed by atoms with Gasteiger partial charge in [-0.25, -0.2) is 9.07 Å². The standard InChI is InChI=1S/C29H27FN4O3/c1-37-25-9-5-6-21(18-25)27-26(19-34(32-27)24-7-3-2-4-8-24)29(36)33-16-14-23(15-17-33)31-28(35)20-10-12-22(30)13-11-20/h2-13,18-19,23H,14-17H2,1H3,(H,31,35). The van der Waals surface area contributed by atoms with E-state index in [-0.39, 0.29) is 23.7 Å². The Labute approximate surface area is 214 Å². The van der Waals surface area contributed by atoms with Crippen molar-refractivity contribution in [3.63, 3.8) is 0 Å². The second-order valence-electron chi connectivity index (χ2n) is 8.95. The molecule has 1 fully saturated rings. The van der Waals surface area contributed by atoms with Crippen LogP contribution >= 0.6 is 0 Å². The molecule has 0 unspecified atom stereocenters. The van der Waals surface area contributed by atoms with Crippen molar-refractivity contribution < 1.29 is 18.7 Å². The summed E-state index contributed by atoms with van der Waals surface area (Å²) in [4.78, 5) is 28.0. The van der Waals surface area contributed by atoms with Gasteiger partial charge in [-0.3, -0.25) is 9.59 Å². The molecule has 1 aliphatic rings. The number of nitrogens with zero attached hydrogens (tertiary/aromatic N) is 3. The van der Waals surface area contributed by atoms with Crippen LogP contribution in [0.1, 0.15) is 33.6 Å². The van der Waals surface area contributed by atoms with Crippen molar-refractivity contribution in [2.45, 2.75) is 18.9 Å². The molecule has 0 bridgehead atoms. The Kier molecular flexibility index (Phi) is 6.98. The SMILES string of the molecule is COc1cccc(-c2nn(-c3ccccc3)cc2C(=O)N2CCC(NC(=O)c3ccc(F)cc3)CC2)c1. The first-order chi connectivity index (χ1) is 18.0. The van der Waals surface area contributed by atoms with Crippen molar-refractivity contribution in [1.29, 1.82) is 0 Å². The first kappa shape index (κ1) is 24.2. The number of carbonyl (C=O) groups excluding carboxylic acids is 2. The van der Waals surface area contributed by atoms with Gasteiger partial charge in [0.1, 0.15) is 17.3 Å². The summed E-state index contributed by atoms with van der Waals surface area (Å²) in [6.45, 7) is 1.00. The Morgan fingerprint density at radius 3 is 2.41 bits per heavy atom. The van der Waals surface area contributed by atoms with Crippen molar-refractivity contribution in [2.24, 2.45) is 0 Å². The van der Waals surface area contributed by atoms with Gasteiger partial charge in [-0.1, -0.05) is 30.3 Å². The quantitative estimate of drug-likeness (QED) is 0.417. The third-order valence-electron chi connectivity index (χ3n) is 6.53. The number of halogens is 1. The van der Waals surface area contributed by atoms with Gasteiger partial charge >= 0.3 is 0 Å². The fraction of sp³-hybridized carbons (Fsp3) is 0.207. The zero-order valence-corrected chi connectivity index (χ0v) is 20.4. The molecule has 7 nitrogen and oxygen atoms in total. The number of carbonyl (C=O) groups is 2. The van der Waals surface area contributed by atoms with Gasteiger partial charge < -0.3 is 15.0 Å². The molecular weight excluding hydrogens is 471 g/mol. The number of piperidine rings is 1. The smallest absolute Gasteiger partial charge is 0.257 e. The van der Waals surface area contributed by atoms with Gasteiger partial charge in [0.25, 0.3) is 11.8 Å². The highest BCUT2D eigenvalue weighted by Gasteiger charge is 2.28. The van der Waals surface area contributed by atoms with E-state index < -0.39 is 0 Å². The number of ether oxygens (including phenoxy) is 1. The molecule has 0 atom stereocenters. The highest BCUT2D eigenvalue weighted by atomic mass is 19.1. The Bertz CT molecular complexity index is 1390. The minimum Gasteiger partial charge on any atom is -0.497 e. The van der Waals surface area contributed by atoms with Crippen LogP contribution in [0.4, 0.5) is 4.39 Å². The molecule has 0 aliphatic carbocycles. The van der Waals surface area contributed by atoms with Crippen LogP contribution in [0.15, 0.2) is 85.1 Å². The third-order valence-corrected chi connectivity index (χ3v) is 6.53. The summed E-state index contributed by atoms with van der Waals surface area (Å²) < 4.78 is 20.3. The lowest BCUT2D eigenvalue weighted by molar-refractivity contribution is 0.0699. The van der Waals surface area contributed by atoms with Crippen LogP contribution < -0.4 is 10.1 Å². The second kappa shape index (κ2) is 10.7. The molecule has 8 heteroatoms. The molecule has 5 rings (SSSR count). The monoisotopic (exact) mass is 498 g/mol.